The molecule has 0 radical (unpaired) electrons. The SMILES string of the molecule is O=C(c1cc(-c2ccccc2)on1)N(Cc1ccc(F)cc1)Cc1ccco1. The second-order valence-electron chi connectivity index (χ2n) is 6.31. The van der Waals surface area contributed by atoms with Crippen LogP contribution in [0.15, 0.2) is 88.0 Å². The highest BCUT2D eigenvalue weighted by Gasteiger charge is 2.22. The van der Waals surface area contributed by atoms with Crippen LogP contribution in [0.1, 0.15) is 21.8 Å². The third-order valence-electron chi connectivity index (χ3n) is 4.29. The lowest BCUT2D eigenvalue weighted by molar-refractivity contribution is 0.0707. The van der Waals surface area contributed by atoms with Gasteiger partial charge in [0.25, 0.3) is 5.91 Å². The molecular formula is C22H17FN2O3. The lowest BCUT2D eigenvalue weighted by Gasteiger charge is -2.20. The first-order valence-electron chi connectivity index (χ1n) is 8.77. The van der Waals surface area contributed by atoms with Crippen LogP contribution in [0.2, 0.25) is 0 Å². The van der Waals surface area contributed by atoms with Crippen LogP contribution in [0.3, 0.4) is 0 Å². The minimum Gasteiger partial charge on any atom is -0.467 e. The first-order chi connectivity index (χ1) is 13.7. The standard InChI is InChI=1S/C22H17FN2O3/c23-18-10-8-16(9-11-18)14-25(15-19-7-4-12-27-19)22(26)20-13-21(28-24-20)17-5-2-1-3-6-17/h1-13H,14-15H2. The zero-order valence-electron chi connectivity index (χ0n) is 14.9. The molecule has 2 aromatic carbocycles. The van der Waals surface area contributed by atoms with Gasteiger partial charge in [-0.25, -0.2) is 4.39 Å². The average Bonchev–Trinajstić information content (AvgIpc) is 3.41. The Morgan fingerprint density at radius 2 is 1.75 bits per heavy atom. The van der Waals surface area contributed by atoms with Crippen molar-refractivity contribution in [3.8, 4) is 11.3 Å². The van der Waals surface area contributed by atoms with E-state index in [2.05, 4.69) is 5.16 Å². The Morgan fingerprint density at radius 1 is 0.964 bits per heavy atom. The summed E-state index contributed by atoms with van der Waals surface area (Å²) in [5.74, 6) is 0.536. The van der Waals surface area contributed by atoms with Gasteiger partial charge in [0.2, 0.25) is 0 Å². The number of halogens is 1. The number of hydrogen-bond acceptors (Lipinski definition) is 4. The highest BCUT2D eigenvalue weighted by molar-refractivity contribution is 5.93. The highest BCUT2D eigenvalue weighted by Crippen LogP contribution is 2.22. The van der Waals surface area contributed by atoms with Gasteiger partial charge in [-0.05, 0) is 29.8 Å². The van der Waals surface area contributed by atoms with Gasteiger partial charge in [-0.3, -0.25) is 4.79 Å². The van der Waals surface area contributed by atoms with E-state index in [4.69, 9.17) is 8.94 Å². The quantitative estimate of drug-likeness (QED) is 0.479. The molecule has 1 amide bonds. The molecule has 0 N–H and O–H groups in total. The van der Waals surface area contributed by atoms with Crippen molar-refractivity contribution >= 4 is 5.91 Å². The number of amides is 1. The number of aromatic nitrogens is 1. The summed E-state index contributed by atoms with van der Waals surface area (Å²) in [6.45, 7) is 0.546. The number of rotatable bonds is 6. The molecule has 0 saturated carbocycles. The zero-order chi connectivity index (χ0) is 19.3. The van der Waals surface area contributed by atoms with E-state index in [9.17, 15) is 9.18 Å². The zero-order valence-corrected chi connectivity index (χ0v) is 14.9. The van der Waals surface area contributed by atoms with E-state index < -0.39 is 0 Å². The van der Waals surface area contributed by atoms with Gasteiger partial charge < -0.3 is 13.8 Å². The van der Waals surface area contributed by atoms with Crippen molar-refractivity contribution < 1.29 is 18.1 Å². The molecule has 0 bridgehead atoms. The third-order valence-corrected chi connectivity index (χ3v) is 4.29. The Hall–Kier alpha value is -3.67. The number of furan rings is 1. The average molecular weight is 376 g/mol. The molecule has 2 heterocycles. The van der Waals surface area contributed by atoms with Crippen molar-refractivity contribution in [1.82, 2.24) is 10.1 Å². The van der Waals surface area contributed by atoms with Crippen LogP contribution in [0.4, 0.5) is 4.39 Å². The van der Waals surface area contributed by atoms with Gasteiger partial charge in [0.1, 0.15) is 11.6 Å². The monoisotopic (exact) mass is 376 g/mol. The number of hydrogen-bond donors (Lipinski definition) is 0. The Morgan fingerprint density at radius 3 is 2.46 bits per heavy atom. The molecule has 140 valence electrons. The predicted octanol–water partition coefficient (Wildman–Crippen LogP) is 4.92. The van der Waals surface area contributed by atoms with E-state index in [1.54, 1.807) is 41.5 Å². The first kappa shape index (κ1) is 17.7. The molecule has 0 atom stereocenters. The topological polar surface area (TPSA) is 59.5 Å². The van der Waals surface area contributed by atoms with E-state index in [1.807, 2.05) is 30.3 Å². The van der Waals surface area contributed by atoms with Gasteiger partial charge in [-0.15, -0.1) is 0 Å². The maximum absolute atomic E-state index is 13.2. The lowest BCUT2D eigenvalue weighted by atomic mass is 10.1. The summed E-state index contributed by atoms with van der Waals surface area (Å²) in [4.78, 5) is 14.7. The van der Waals surface area contributed by atoms with Crippen LogP contribution in [0, 0.1) is 5.82 Å². The summed E-state index contributed by atoms with van der Waals surface area (Å²) in [7, 11) is 0. The lowest BCUT2D eigenvalue weighted by Crippen LogP contribution is -2.30. The molecule has 5 nitrogen and oxygen atoms in total. The highest BCUT2D eigenvalue weighted by atomic mass is 19.1. The largest absolute Gasteiger partial charge is 0.467 e. The van der Waals surface area contributed by atoms with Crippen molar-refractivity contribution in [3.63, 3.8) is 0 Å². The van der Waals surface area contributed by atoms with Gasteiger partial charge in [-0.2, -0.15) is 0 Å². The fourth-order valence-corrected chi connectivity index (χ4v) is 2.88. The summed E-state index contributed by atoms with van der Waals surface area (Å²) < 4.78 is 23.9. The summed E-state index contributed by atoms with van der Waals surface area (Å²) >= 11 is 0. The molecule has 6 heteroatoms. The van der Waals surface area contributed by atoms with Gasteiger partial charge in [0.15, 0.2) is 11.5 Å². The summed E-state index contributed by atoms with van der Waals surface area (Å²) in [6.07, 6.45) is 1.56. The molecule has 4 rings (SSSR count). The van der Waals surface area contributed by atoms with Crippen LogP contribution in [-0.2, 0) is 13.1 Å². The number of carbonyl (C=O) groups is 1. The fourth-order valence-electron chi connectivity index (χ4n) is 2.88. The number of benzene rings is 2. The van der Waals surface area contributed by atoms with Crippen molar-refractivity contribution in [3.05, 3.63) is 102 Å². The fraction of sp³-hybridized carbons (Fsp3) is 0.0909. The predicted molar refractivity (Wildman–Crippen MR) is 101 cm³/mol. The molecule has 28 heavy (non-hydrogen) atoms. The molecular weight excluding hydrogens is 359 g/mol. The summed E-state index contributed by atoms with van der Waals surface area (Å²) in [5, 5.41) is 3.94. The van der Waals surface area contributed by atoms with Gasteiger partial charge >= 0.3 is 0 Å². The molecule has 0 aliphatic heterocycles. The van der Waals surface area contributed by atoms with E-state index >= 15 is 0 Å². The van der Waals surface area contributed by atoms with Crippen LogP contribution >= 0.6 is 0 Å². The smallest absolute Gasteiger partial charge is 0.276 e. The third kappa shape index (κ3) is 4.01. The van der Waals surface area contributed by atoms with Crippen LogP contribution in [0.25, 0.3) is 11.3 Å². The molecule has 2 aromatic heterocycles. The van der Waals surface area contributed by atoms with Crippen molar-refractivity contribution in [2.75, 3.05) is 0 Å². The number of nitrogens with zero attached hydrogens (tertiary/aromatic N) is 2. The van der Waals surface area contributed by atoms with Gasteiger partial charge in [0.05, 0.1) is 12.8 Å². The van der Waals surface area contributed by atoms with Gasteiger partial charge in [0, 0.05) is 18.2 Å². The van der Waals surface area contributed by atoms with E-state index in [0.717, 1.165) is 11.1 Å². The normalized spacial score (nSPS) is 10.8. The minimum atomic E-state index is -0.323. The Labute approximate surface area is 161 Å². The molecule has 0 fully saturated rings. The second kappa shape index (κ2) is 7.92. The maximum atomic E-state index is 13.2. The van der Waals surface area contributed by atoms with Crippen molar-refractivity contribution in [1.29, 1.82) is 0 Å². The second-order valence-corrected chi connectivity index (χ2v) is 6.31. The Bertz CT molecular complexity index is 1040. The van der Waals surface area contributed by atoms with Crippen LogP contribution in [0.5, 0.6) is 0 Å². The minimum absolute atomic E-state index is 0.201. The molecule has 4 aromatic rings. The van der Waals surface area contributed by atoms with Crippen molar-refractivity contribution in [2.24, 2.45) is 0 Å². The first-order valence-corrected chi connectivity index (χ1v) is 8.77. The maximum Gasteiger partial charge on any atom is 0.276 e. The summed E-state index contributed by atoms with van der Waals surface area (Å²) in [5.41, 5.74) is 1.84. The Balaban J connectivity index is 1.59. The van der Waals surface area contributed by atoms with Gasteiger partial charge in [-0.1, -0.05) is 47.6 Å². The van der Waals surface area contributed by atoms with Crippen LogP contribution < -0.4 is 0 Å². The van der Waals surface area contributed by atoms with Crippen LogP contribution in [-0.4, -0.2) is 16.0 Å². The van der Waals surface area contributed by atoms with E-state index in [-0.39, 0.29) is 30.5 Å². The van der Waals surface area contributed by atoms with E-state index in [0.29, 0.717) is 11.5 Å². The number of carbonyl (C=O) groups excluding carboxylic acids is 1. The molecule has 0 unspecified atom stereocenters. The molecule has 0 aliphatic rings. The molecule has 0 spiro atoms. The molecule has 0 aliphatic carbocycles. The van der Waals surface area contributed by atoms with E-state index in [1.165, 1.54) is 12.1 Å². The molecule has 0 saturated heterocycles. The Kier molecular flexibility index (Phi) is 5.01. The van der Waals surface area contributed by atoms with Crippen molar-refractivity contribution in [2.45, 2.75) is 13.1 Å². The summed E-state index contributed by atoms with van der Waals surface area (Å²) in [6, 6.07) is 20.7.